The van der Waals surface area contributed by atoms with Gasteiger partial charge < -0.3 is 9.64 Å². The summed E-state index contributed by atoms with van der Waals surface area (Å²) < 4.78 is 6.72. The number of rotatable bonds is 4. The smallest absolute Gasteiger partial charge is 0.275 e. The summed E-state index contributed by atoms with van der Waals surface area (Å²) in [7, 11) is 1.70. The molecular weight excluding hydrogens is 350 g/mol. The van der Waals surface area contributed by atoms with Crippen LogP contribution < -0.4 is 15.2 Å². The molecule has 8 heteroatoms. The molecule has 4 rings (SSSR count). The summed E-state index contributed by atoms with van der Waals surface area (Å²) in [5.41, 5.74) is 1.12. The molecule has 0 aliphatic carbocycles. The molecule has 7 nitrogen and oxygen atoms in total. The Morgan fingerprint density at radius 1 is 1.19 bits per heavy atom. The van der Waals surface area contributed by atoms with E-state index in [0.29, 0.717) is 11.0 Å². The monoisotopic (exact) mass is 371 g/mol. The summed E-state index contributed by atoms with van der Waals surface area (Å²) in [5, 5.41) is 5.29. The zero-order chi connectivity index (χ0) is 18.1. The number of piperazine rings is 1. The fraction of sp³-hybridized carbons (Fsp3) is 0.389. The zero-order valence-electron chi connectivity index (χ0n) is 14.8. The SMILES string of the molecule is COc1cccc(C(C)N2CCN(c3nn4c(=O)ccnc4s3)CC2)c1. The zero-order valence-corrected chi connectivity index (χ0v) is 15.6. The first kappa shape index (κ1) is 17.0. The molecule has 0 amide bonds. The summed E-state index contributed by atoms with van der Waals surface area (Å²) in [6, 6.07) is 10.0. The number of hydrogen-bond donors (Lipinski definition) is 0. The molecule has 1 aliphatic heterocycles. The van der Waals surface area contributed by atoms with E-state index in [0.717, 1.165) is 37.1 Å². The third-order valence-corrected chi connectivity index (χ3v) is 5.85. The summed E-state index contributed by atoms with van der Waals surface area (Å²) in [6.07, 6.45) is 1.54. The van der Waals surface area contributed by atoms with Gasteiger partial charge in [0.15, 0.2) is 0 Å². The van der Waals surface area contributed by atoms with E-state index in [4.69, 9.17) is 4.74 Å². The Morgan fingerprint density at radius 2 is 2.00 bits per heavy atom. The van der Waals surface area contributed by atoms with Crippen LogP contribution in [-0.2, 0) is 0 Å². The Morgan fingerprint density at radius 3 is 2.73 bits per heavy atom. The second kappa shape index (κ2) is 7.05. The van der Waals surface area contributed by atoms with Crippen molar-refractivity contribution >= 4 is 21.4 Å². The number of hydrogen-bond acceptors (Lipinski definition) is 7. The Kier molecular flexibility index (Phi) is 4.60. The van der Waals surface area contributed by atoms with Crippen molar-refractivity contribution in [3.63, 3.8) is 0 Å². The number of fused-ring (bicyclic) bond motifs is 1. The number of methoxy groups -OCH3 is 1. The Bertz CT molecular complexity index is 961. The second-order valence-electron chi connectivity index (χ2n) is 6.34. The van der Waals surface area contributed by atoms with E-state index >= 15 is 0 Å². The molecule has 0 saturated carbocycles. The average Bonchev–Trinajstić information content (AvgIpc) is 3.13. The van der Waals surface area contributed by atoms with Crippen molar-refractivity contribution < 1.29 is 4.74 Å². The van der Waals surface area contributed by atoms with Gasteiger partial charge in [0.2, 0.25) is 10.1 Å². The molecule has 3 aromatic rings. The molecule has 136 valence electrons. The number of nitrogens with zero attached hydrogens (tertiary/aromatic N) is 5. The van der Waals surface area contributed by atoms with Crippen LogP contribution in [0.5, 0.6) is 5.75 Å². The Balaban J connectivity index is 1.46. The molecule has 26 heavy (non-hydrogen) atoms. The van der Waals surface area contributed by atoms with Crippen LogP contribution in [0, 0.1) is 0 Å². The molecule has 0 spiro atoms. The third kappa shape index (κ3) is 3.17. The standard InChI is InChI=1S/C18H21N5O2S/c1-13(14-4-3-5-15(12-14)25-2)21-8-10-22(11-9-21)18-20-23-16(24)6-7-19-17(23)26-18/h3-7,12-13H,8-11H2,1-2H3. The van der Waals surface area contributed by atoms with E-state index in [9.17, 15) is 4.79 Å². The summed E-state index contributed by atoms with van der Waals surface area (Å²) in [4.78, 5) is 21.4. The number of anilines is 1. The highest BCUT2D eigenvalue weighted by molar-refractivity contribution is 7.20. The van der Waals surface area contributed by atoms with Crippen molar-refractivity contribution in [3.8, 4) is 5.75 Å². The van der Waals surface area contributed by atoms with Crippen LogP contribution in [0.1, 0.15) is 18.5 Å². The summed E-state index contributed by atoms with van der Waals surface area (Å²) in [5.74, 6) is 0.889. The Hall–Kier alpha value is -2.45. The van der Waals surface area contributed by atoms with E-state index in [1.54, 1.807) is 7.11 Å². The molecule has 1 unspecified atom stereocenters. The maximum atomic E-state index is 11.9. The molecule has 1 saturated heterocycles. The maximum Gasteiger partial charge on any atom is 0.275 e. The molecule has 3 heterocycles. The molecule has 1 aliphatic rings. The molecule has 2 aromatic heterocycles. The minimum absolute atomic E-state index is 0.136. The quantitative estimate of drug-likeness (QED) is 0.699. The van der Waals surface area contributed by atoms with Gasteiger partial charge in [0.1, 0.15) is 5.75 Å². The molecule has 0 radical (unpaired) electrons. The van der Waals surface area contributed by atoms with Crippen LogP contribution in [0.2, 0.25) is 0 Å². The van der Waals surface area contributed by atoms with Crippen LogP contribution in [-0.4, -0.2) is 52.8 Å². The van der Waals surface area contributed by atoms with Crippen molar-refractivity contribution in [2.24, 2.45) is 0 Å². The minimum Gasteiger partial charge on any atom is -0.497 e. The molecule has 0 bridgehead atoms. The van der Waals surface area contributed by atoms with Gasteiger partial charge in [-0.25, -0.2) is 4.98 Å². The Labute approximate surface area is 155 Å². The highest BCUT2D eigenvalue weighted by Crippen LogP contribution is 2.27. The van der Waals surface area contributed by atoms with Gasteiger partial charge in [-0.05, 0) is 24.6 Å². The lowest BCUT2D eigenvalue weighted by Gasteiger charge is -2.38. The van der Waals surface area contributed by atoms with Gasteiger partial charge in [0, 0.05) is 44.5 Å². The number of benzene rings is 1. The fourth-order valence-electron chi connectivity index (χ4n) is 3.27. The predicted molar refractivity (Wildman–Crippen MR) is 102 cm³/mol. The van der Waals surface area contributed by atoms with Crippen molar-refractivity contribution in [1.82, 2.24) is 19.5 Å². The van der Waals surface area contributed by atoms with E-state index in [-0.39, 0.29) is 5.56 Å². The predicted octanol–water partition coefficient (Wildman–Crippen LogP) is 2.04. The first-order chi connectivity index (χ1) is 12.7. The van der Waals surface area contributed by atoms with Gasteiger partial charge in [0.05, 0.1) is 7.11 Å². The van der Waals surface area contributed by atoms with E-state index in [1.165, 1.54) is 33.7 Å². The third-order valence-electron chi connectivity index (χ3n) is 4.87. The maximum absolute atomic E-state index is 11.9. The second-order valence-corrected chi connectivity index (χ2v) is 7.27. The van der Waals surface area contributed by atoms with E-state index in [2.05, 4.69) is 38.9 Å². The first-order valence-electron chi connectivity index (χ1n) is 8.63. The first-order valence-corrected chi connectivity index (χ1v) is 9.45. The topological polar surface area (TPSA) is 63.0 Å². The molecule has 1 aromatic carbocycles. The summed E-state index contributed by atoms with van der Waals surface area (Å²) >= 11 is 1.46. The van der Waals surface area contributed by atoms with Gasteiger partial charge in [-0.2, -0.15) is 4.52 Å². The van der Waals surface area contributed by atoms with E-state index in [1.807, 2.05) is 12.1 Å². The normalized spacial score (nSPS) is 16.8. The number of aromatic nitrogens is 3. The van der Waals surface area contributed by atoms with Crippen molar-refractivity contribution in [2.45, 2.75) is 13.0 Å². The molecular formula is C18H21N5O2S. The van der Waals surface area contributed by atoms with Crippen LogP contribution in [0.3, 0.4) is 0 Å². The largest absolute Gasteiger partial charge is 0.497 e. The highest BCUT2D eigenvalue weighted by atomic mass is 32.1. The van der Waals surface area contributed by atoms with Gasteiger partial charge in [-0.1, -0.05) is 23.5 Å². The molecule has 1 fully saturated rings. The van der Waals surface area contributed by atoms with Crippen molar-refractivity contribution in [1.29, 1.82) is 0 Å². The van der Waals surface area contributed by atoms with Crippen LogP contribution in [0.15, 0.2) is 41.3 Å². The molecule has 1 atom stereocenters. The lowest BCUT2D eigenvalue weighted by Crippen LogP contribution is -2.47. The molecule has 0 N–H and O–H groups in total. The van der Waals surface area contributed by atoms with Crippen LogP contribution in [0.4, 0.5) is 5.13 Å². The lowest BCUT2D eigenvalue weighted by molar-refractivity contribution is 0.198. The highest BCUT2D eigenvalue weighted by Gasteiger charge is 2.24. The van der Waals surface area contributed by atoms with Gasteiger partial charge in [-0.15, -0.1) is 5.10 Å². The van der Waals surface area contributed by atoms with E-state index < -0.39 is 0 Å². The fourth-order valence-corrected chi connectivity index (χ4v) is 4.20. The van der Waals surface area contributed by atoms with Gasteiger partial charge in [0.25, 0.3) is 5.56 Å². The van der Waals surface area contributed by atoms with Crippen LogP contribution in [0.25, 0.3) is 4.96 Å². The van der Waals surface area contributed by atoms with Crippen molar-refractivity contribution in [2.75, 3.05) is 38.2 Å². The number of ether oxygens (including phenoxy) is 1. The summed E-state index contributed by atoms with van der Waals surface area (Å²) in [6.45, 7) is 5.87. The van der Waals surface area contributed by atoms with Gasteiger partial charge >= 0.3 is 0 Å². The average molecular weight is 371 g/mol. The van der Waals surface area contributed by atoms with Crippen molar-refractivity contribution in [3.05, 3.63) is 52.4 Å². The van der Waals surface area contributed by atoms with Crippen LogP contribution >= 0.6 is 11.3 Å². The van der Waals surface area contributed by atoms with Gasteiger partial charge in [-0.3, -0.25) is 9.69 Å². The minimum atomic E-state index is -0.136. The lowest BCUT2D eigenvalue weighted by atomic mass is 10.1.